The Hall–Kier alpha value is -1.62. The van der Waals surface area contributed by atoms with Crippen LogP contribution in [0.4, 0.5) is 0 Å². The summed E-state index contributed by atoms with van der Waals surface area (Å²) in [6.07, 6.45) is 4.48. The number of aryl methyl sites for hydroxylation is 1. The van der Waals surface area contributed by atoms with Gasteiger partial charge in [-0.3, -0.25) is 4.79 Å². The first kappa shape index (κ1) is 15.8. The second kappa shape index (κ2) is 6.89. The van der Waals surface area contributed by atoms with Gasteiger partial charge in [-0.2, -0.15) is 0 Å². The first-order chi connectivity index (χ1) is 9.96. The van der Waals surface area contributed by atoms with E-state index in [0.29, 0.717) is 24.9 Å². The minimum Gasteiger partial charge on any atom is -0.475 e. The summed E-state index contributed by atoms with van der Waals surface area (Å²) in [4.78, 5) is 16.3. The Morgan fingerprint density at radius 3 is 3.05 bits per heavy atom. The molecular weight excluding hydrogens is 266 g/mol. The van der Waals surface area contributed by atoms with E-state index >= 15 is 0 Å². The molecule has 5 nitrogen and oxygen atoms in total. The molecule has 1 fully saturated rings. The molecule has 1 amide bonds. The Morgan fingerprint density at radius 2 is 2.38 bits per heavy atom. The van der Waals surface area contributed by atoms with Gasteiger partial charge in [-0.1, -0.05) is 6.07 Å². The van der Waals surface area contributed by atoms with E-state index in [2.05, 4.69) is 15.6 Å². The summed E-state index contributed by atoms with van der Waals surface area (Å²) in [5, 5.41) is 6.38. The van der Waals surface area contributed by atoms with Crippen LogP contribution in [0.15, 0.2) is 18.3 Å². The Balaban J connectivity index is 1.80. The van der Waals surface area contributed by atoms with Crippen molar-refractivity contribution in [3.8, 4) is 5.88 Å². The third-order valence-electron chi connectivity index (χ3n) is 3.60. The van der Waals surface area contributed by atoms with E-state index in [9.17, 15) is 4.79 Å². The number of aromatic nitrogens is 1. The molecule has 21 heavy (non-hydrogen) atoms. The summed E-state index contributed by atoms with van der Waals surface area (Å²) in [6, 6.07) is 4.16. The summed E-state index contributed by atoms with van der Waals surface area (Å²) < 4.78 is 5.73. The van der Waals surface area contributed by atoms with Crippen molar-refractivity contribution >= 4 is 5.91 Å². The van der Waals surface area contributed by atoms with Gasteiger partial charge in [0.1, 0.15) is 6.61 Å². The van der Waals surface area contributed by atoms with Gasteiger partial charge in [-0.25, -0.2) is 4.98 Å². The zero-order valence-electron chi connectivity index (χ0n) is 13.1. The van der Waals surface area contributed by atoms with Crippen molar-refractivity contribution in [2.75, 3.05) is 13.2 Å². The van der Waals surface area contributed by atoms with Crippen LogP contribution in [0.5, 0.6) is 5.88 Å². The fraction of sp³-hybridized carbons (Fsp3) is 0.625. The molecule has 116 valence electrons. The zero-order chi connectivity index (χ0) is 15.3. The number of ether oxygens (including phenoxy) is 1. The van der Waals surface area contributed by atoms with Crippen LogP contribution in [0.2, 0.25) is 0 Å². The van der Waals surface area contributed by atoms with E-state index in [1.807, 2.05) is 32.9 Å². The SMILES string of the molecule is Cc1cccnc1OCC(C)(C)NC(=O)CC1CCCN1. The molecule has 1 unspecified atom stereocenters. The van der Waals surface area contributed by atoms with Gasteiger partial charge in [-0.15, -0.1) is 0 Å². The number of carbonyl (C=O) groups is 1. The van der Waals surface area contributed by atoms with E-state index in [1.54, 1.807) is 6.20 Å². The molecule has 2 rings (SSSR count). The molecule has 1 aliphatic rings. The monoisotopic (exact) mass is 291 g/mol. The second-order valence-electron chi connectivity index (χ2n) is 6.34. The topological polar surface area (TPSA) is 63.2 Å². The van der Waals surface area contributed by atoms with Crippen molar-refractivity contribution in [1.82, 2.24) is 15.6 Å². The largest absolute Gasteiger partial charge is 0.475 e. The lowest BCUT2D eigenvalue weighted by atomic mass is 10.1. The van der Waals surface area contributed by atoms with Crippen LogP contribution in [0.3, 0.4) is 0 Å². The van der Waals surface area contributed by atoms with Gasteiger partial charge in [0.05, 0.1) is 5.54 Å². The molecule has 0 bridgehead atoms. The molecule has 1 saturated heterocycles. The number of nitrogens with zero attached hydrogens (tertiary/aromatic N) is 1. The van der Waals surface area contributed by atoms with Crippen molar-refractivity contribution < 1.29 is 9.53 Å². The molecular formula is C16H25N3O2. The molecule has 1 aromatic heterocycles. The molecule has 5 heteroatoms. The highest BCUT2D eigenvalue weighted by Gasteiger charge is 2.24. The van der Waals surface area contributed by atoms with Crippen LogP contribution in [0, 0.1) is 6.92 Å². The lowest BCUT2D eigenvalue weighted by Gasteiger charge is -2.27. The molecule has 1 aliphatic heterocycles. The molecule has 1 atom stereocenters. The fourth-order valence-electron chi connectivity index (χ4n) is 2.49. The third-order valence-corrected chi connectivity index (χ3v) is 3.60. The van der Waals surface area contributed by atoms with Crippen LogP contribution in [0.25, 0.3) is 0 Å². The fourth-order valence-corrected chi connectivity index (χ4v) is 2.49. The van der Waals surface area contributed by atoms with Gasteiger partial charge in [0, 0.05) is 24.2 Å². The van der Waals surface area contributed by atoms with Gasteiger partial charge in [0.15, 0.2) is 0 Å². The molecule has 0 aromatic carbocycles. The lowest BCUT2D eigenvalue weighted by Crippen LogP contribution is -2.49. The first-order valence-electron chi connectivity index (χ1n) is 7.55. The summed E-state index contributed by atoms with van der Waals surface area (Å²) in [7, 11) is 0. The smallest absolute Gasteiger partial charge is 0.222 e. The number of amides is 1. The van der Waals surface area contributed by atoms with Gasteiger partial charge >= 0.3 is 0 Å². The highest BCUT2D eigenvalue weighted by Crippen LogP contribution is 2.15. The lowest BCUT2D eigenvalue weighted by molar-refractivity contribution is -0.123. The zero-order valence-corrected chi connectivity index (χ0v) is 13.1. The Bertz CT molecular complexity index is 482. The Labute approximate surface area is 126 Å². The standard InChI is InChI=1S/C16H25N3O2/c1-12-6-4-9-18-15(12)21-11-16(2,3)19-14(20)10-13-7-5-8-17-13/h4,6,9,13,17H,5,7-8,10-11H2,1-3H3,(H,19,20). The van der Waals surface area contributed by atoms with E-state index < -0.39 is 5.54 Å². The average molecular weight is 291 g/mol. The van der Waals surface area contributed by atoms with Gasteiger partial charge in [0.25, 0.3) is 0 Å². The van der Waals surface area contributed by atoms with Crippen molar-refractivity contribution in [3.63, 3.8) is 0 Å². The number of nitrogens with one attached hydrogen (secondary N) is 2. The number of carbonyl (C=O) groups excluding carboxylic acids is 1. The Kier molecular flexibility index (Phi) is 5.17. The van der Waals surface area contributed by atoms with Crippen LogP contribution < -0.4 is 15.4 Å². The molecule has 0 saturated carbocycles. The normalized spacial score (nSPS) is 18.5. The molecule has 0 aliphatic carbocycles. The minimum atomic E-state index is -0.417. The second-order valence-corrected chi connectivity index (χ2v) is 6.34. The Morgan fingerprint density at radius 1 is 1.57 bits per heavy atom. The maximum Gasteiger partial charge on any atom is 0.222 e. The van der Waals surface area contributed by atoms with Gasteiger partial charge in [0.2, 0.25) is 11.8 Å². The van der Waals surface area contributed by atoms with E-state index in [0.717, 1.165) is 24.9 Å². The predicted molar refractivity (Wildman–Crippen MR) is 82.3 cm³/mol. The van der Waals surface area contributed by atoms with Crippen molar-refractivity contribution in [1.29, 1.82) is 0 Å². The van der Waals surface area contributed by atoms with Crippen LogP contribution in [-0.2, 0) is 4.79 Å². The molecule has 0 spiro atoms. The van der Waals surface area contributed by atoms with Gasteiger partial charge < -0.3 is 15.4 Å². The first-order valence-corrected chi connectivity index (χ1v) is 7.55. The summed E-state index contributed by atoms with van der Waals surface area (Å²) >= 11 is 0. The van der Waals surface area contributed by atoms with E-state index in [1.165, 1.54) is 0 Å². The van der Waals surface area contributed by atoms with Crippen LogP contribution >= 0.6 is 0 Å². The van der Waals surface area contributed by atoms with Crippen molar-refractivity contribution in [3.05, 3.63) is 23.9 Å². The minimum absolute atomic E-state index is 0.0701. The van der Waals surface area contributed by atoms with Crippen molar-refractivity contribution in [2.45, 2.75) is 51.6 Å². The number of hydrogen-bond donors (Lipinski definition) is 2. The summed E-state index contributed by atoms with van der Waals surface area (Å²) in [5.41, 5.74) is 0.578. The molecule has 2 heterocycles. The predicted octanol–water partition coefficient (Wildman–Crippen LogP) is 1.81. The highest BCUT2D eigenvalue weighted by molar-refractivity contribution is 5.77. The van der Waals surface area contributed by atoms with E-state index in [4.69, 9.17) is 4.74 Å². The average Bonchev–Trinajstić information content (AvgIpc) is 2.90. The van der Waals surface area contributed by atoms with E-state index in [-0.39, 0.29) is 5.91 Å². The molecule has 2 N–H and O–H groups in total. The maximum atomic E-state index is 12.1. The quantitative estimate of drug-likeness (QED) is 0.839. The summed E-state index contributed by atoms with van der Waals surface area (Å²) in [5.74, 6) is 0.693. The highest BCUT2D eigenvalue weighted by atomic mass is 16.5. The third kappa shape index (κ3) is 5.01. The van der Waals surface area contributed by atoms with Gasteiger partial charge in [-0.05, 0) is 46.2 Å². The van der Waals surface area contributed by atoms with Crippen LogP contribution in [-0.4, -0.2) is 35.6 Å². The number of rotatable bonds is 6. The number of pyridine rings is 1. The maximum absolute atomic E-state index is 12.1. The molecule has 1 aromatic rings. The van der Waals surface area contributed by atoms with Crippen LogP contribution in [0.1, 0.15) is 38.7 Å². The number of hydrogen-bond acceptors (Lipinski definition) is 4. The van der Waals surface area contributed by atoms with Crippen molar-refractivity contribution in [2.24, 2.45) is 0 Å². The molecule has 0 radical (unpaired) electrons. The summed E-state index contributed by atoms with van der Waals surface area (Å²) in [6.45, 7) is 7.30.